The van der Waals surface area contributed by atoms with Crippen LogP contribution in [0.15, 0.2) is 30.3 Å². The second-order valence-corrected chi connectivity index (χ2v) is 6.38. The fourth-order valence-electron chi connectivity index (χ4n) is 3.22. The Morgan fingerprint density at radius 3 is 2.45 bits per heavy atom. The third-order valence-corrected chi connectivity index (χ3v) is 4.51. The molecule has 2 N–H and O–H groups in total. The number of hydrogen-bond donors (Lipinski definition) is 2. The molecule has 22 heavy (non-hydrogen) atoms. The van der Waals surface area contributed by atoms with Gasteiger partial charge in [-0.2, -0.15) is 0 Å². The number of carboxylic acids is 1. The fourth-order valence-corrected chi connectivity index (χ4v) is 3.22. The van der Waals surface area contributed by atoms with E-state index in [1.165, 1.54) is 25.7 Å². The molecule has 120 valence electrons. The molecule has 0 aliphatic heterocycles. The number of benzene rings is 1. The molecular weight excluding hydrogens is 278 g/mol. The molecule has 2 atom stereocenters. The average Bonchev–Trinajstić information content (AvgIpc) is 3.00. The van der Waals surface area contributed by atoms with Crippen LogP contribution in [0.1, 0.15) is 44.6 Å². The van der Waals surface area contributed by atoms with Crippen molar-refractivity contribution in [3.8, 4) is 0 Å². The molecular formula is C18H25NO3. The van der Waals surface area contributed by atoms with Crippen molar-refractivity contribution in [2.75, 3.05) is 0 Å². The molecule has 0 saturated heterocycles. The third kappa shape index (κ3) is 4.86. The molecule has 0 bridgehead atoms. The molecule has 0 heterocycles. The van der Waals surface area contributed by atoms with E-state index in [1.54, 1.807) is 0 Å². The van der Waals surface area contributed by atoms with Gasteiger partial charge in [0.1, 0.15) is 6.04 Å². The van der Waals surface area contributed by atoms with Gasteiger partial charge in [-0.05, 0) is 17.9 Å². The van der Waals surface area contributed by atoms with Crippen LogP contribution in [0.25, 0.3) is 0 Å². The van der Waals surface area contributed by atoms with Crippen LogP contribution in [0.4, 0.5) is 0 Å². The van der Waals surface area contributed by atoms with Crippen molar-refractivity contribution < 1.29 is 14.7 Å². The summed E-state index contributed by atoms with van der Waals surface area (Å²) in [4.78, 5) is 23.7. The molecule has 2 rings (SSSR count). The minimum atomic E-state index is -0.981. The molecule has 1 amide bonds. The van der Waals surface area contributed by atoms with Gasteiger partial charge in [-0.1, -0.05) is 62.9 Å². The molecule has 4 heteroatoms. The Labute approximate surface area is 131 Å². The molecule has 1 unspecified atom stereocenters. The minimum absolute atomic E-state index is 0.124. The Kier molecular flexibility index (Phi) is 5.99. The first-order chi connectivity index (χ1) is 10.6. The monoisotopic (exact) mass is 303 g/mol. The summed E-state index contributed by atoms with van der Waals surface area (Å²) in [5, 5.41) is 12.0. The zero-order valence-corrected chi connectivity index (χ0v) is 13.1. The Balaban J connectivity index is 1.89. The quantitative estimate of drug-likeness (QED) is 0.813. The maximum atomic E-state index is 12.3. The van der Waals surface area contributed by atoms with Gasteiger partial charge in [-0.3, -0.25) is 4.79 Å². The lowest BCUT2D eigenvalue weighted by Gasteiger charge is -2.20. The molecule has 1 aromatic carbocycles. The van der Waals surface area contributed by atoms with E-state index in [-0.39, 0.29) is 11.8 Å². The van der Waals surface area contributed by atoms with Crippen LogP contribution in [0, 0.1) is 11.8 Å². The van der Waals surface area contributed by atoms with E-state index in [2.05, 4.69) is 5.32 Å². The number of nitrogens with one attached hydrogen (secondary N) is 1. The Bertz CT molecular complexity index is 494. The number of carbonyl (C=O) groups excluding carboxylic acids is 1. The Morgan fingerprint density at radius 1 is 1.23 bits per heavy atom. The van der Waals surface area contributed by atoms with Gasteiger partial charge in [0.05, 0.1) is 0 Å². The second kappa shape index (κ2) is 7.97. The normalized spacial score (nSPS) is 17.9. The maximum absolute atomic E-state index is 12.3. The molecule has 1 aliphatic carbocycles. The van der Waals surface area contributed by atoms with Gasteiger partial charge in [-0.15, -0.1) is 0 Å². The number of carbonyl (C=O) groups is 2. The summed E-state index contributed by atoms with van der Waals surface area (Å²) in [7, 11) is 0. The van der Waals surface area contributed by atoms with Crippen LogP contribution in [0.5, 0.6) is 0 Å². The first-order valence-corrected chi connectivity index (χ1v) is 8.13. The highest BCUT2D eigenvalue weighted by Crippen LogP contribution is 2.30. The lowest BCUT2D eigenvalue weighted by atomic mass is 9.93. The van der Waals surface area contributed by atoms with Gasteiger partial charge in [0.15, 0.2) is 0 Å². The lowest BCUT2D eigenvalue weighted by molar-refractivity contribution is -0.142. The Hall–Kier alpha value is -1.84. The van der Waals surface area contributed by atoms with Crippen molar-refractivity contribution in [3.05, 3.63) is 35.9 Å². The van der Waals surface area contributed by atoms with Crippen LogP contribution in [-0.4, -0.2) is 23.0 Å². The van der Waals surface area contributed by atoms with Gasteiger partial charge in [0.2, 0.25) is 5.91 Å². The largest absolute Gasteiger partial charge is 0.480 e. The van der Waals surface area contributed by atoms with Crippen LogP contribution in [0.3, 0.4) is 0 Å². The van der Waals surface area contributed by atoms with E-state index in [0.29, 0.717) is 12.3 Å². The van der Waals surface area contributed by atoms with E-state index < -0.39 is 12.0 Å². The number of hydrogen-bond acceptors (Lipinski definition) is 2. The van der Waals surface area contributed by atoms with Gasteiger partial charge in [0, 0.05) is 12.3 Å². The first-order valence-electron chi connectivity index (χ1n) is 8.13. The van der Waals surface area contributed by atoms with Crippen LogP contribution in [0.2, 0.25) is 0 Å². The van der Waals surface area contributed by atoms with Crippen molar-refractivity contribution in [1.29, 1.82) is 0 Å². The summed E-state index contributed by atoms with van der Waals surface area (Å²) in [5.74, 6) is -0.626. The number of amides is 1. The first kappa shape index (κ1) is 16.5. The SMILES string of the molecule is CC(CC1CCCC1)C(=O)N[C@@H](Cc1ccccc1)C(=O)O. The molecule has 1 aliphatic rings. The lowest BCUT2D eigenvalue weighted by Crippen LogP contribution is -2.44. The summed E-state index contributed by atoms with van der Waals surface area (Å²) in [6.45, 7) is 1.90. The fraction of sp³-hybridized carbons (Fsp3) is 0.556. The van der Waals surface area contributed by atoms with E-state index in [9.17, 15) is 14.7 Å². The van der Waals surface area contributed by atoms with Crippen molar-refractivity contribution >= 4 is 11.9 Å². The molecule has 1 fully saturated rings. The van der Waals surface area contributed by atoms with Crippen molar-refractivity contribution in [3.63, 3.8) is 0 Å². The molecule has 4 nitrogen and oxygen atoms in total. The molecule has 0 aromatic heterocycles. The summed E-state index contributed by atoms with van der Waals surface area (Å²) in [6, 6.07) is 8.54. The van der Waals surface area contributed by atoms with Crippen LogP contribution < -0.4 is 5.32 Å². The van der Waals surface area contributed by atoms with Crippen LogP contribution in [-0.2, 0) is 16.0 Å². The predicted molar refractivity (Wildman–Crippen MR) is 85.5 cm³/mol. The van der Waals surface area contributed by atoms with Gasteiger partial charge in [-0.25, -0.2) is 4.79 Å². The van der Waals surface area contributed by atoms with Crippen LogP contribution >= 0.6 is 0 Å². The third-order valence-electron chi connectivity index (χ3n) is 4.51. The smallest absolute Gasteiger partial charge is 0.326 e. The molecule has 1 aromatic rings. The molecule has 0 spiro atoms. The minimum Gasteiger partial charge on any atom is -0.480 e. The molecule has 1 saturated carbocycles. The number of carboxylic acid groups (broad SMARTS) is 1. The van der Waals surface area contributed by atoms with Crippen molar-refractivity contribution in [2.45, 2.75) is 51.5 Å². The van der Waals surface area contributed by atoms with Gasteiger partial charge >= 0.3 is 5.97 Å². The zero-order chi connectivity index (χ0) is 15.9. The van der Waals surface area contributed by atoms with Crippen molar-refractivity contribution in [1.82, 2.24) is 5.32 Å². The highest BCUT2D eigenvalue weighted by atomic mass is 16.4. The number of aliphatic carboxylic acids is 1. The standard InChI is InChI=1S/C18H25NO3/c1-13(11-14-9-5-6-10-14)17(20)19-16(18(21)22)12-15-7-3-2-4-8-15/h2-4,7-8,13-14,16H,5-6,9-12H2,1H3,(H,19,20)(H,21,22)/t13?,16-/m0/s1. The highest BCUT2D eigenvalue weighted by Gasteiger charge is 2.26. The second-order valence-electron chi connectivity index (χ2n) is 6.38. The Morgan fingerprint density at radius 2 is 1.86 bits per heavy atom. The molecule has 0 radical (unpaired) electrons. The van der Waals surface area contributed by atoms with E-state index in [1.807, 2.05) is 37.3 Å². The zero-order valence-electron chi connectivity index (χ0n) is 13.1. The number of rotatable bonds is 7. The van der Waals surface area contributed by atoms with E-state index in [4.69, 9.17) is 0 Å². The summed E-state index contributed by atoms with van der Waals surface area (Å²) < 4.78 is 0. The summed E-state index contributed by atoms with van der Waals surface area (Å²) >= 11 is 0. The van der Waals surface area contributed by atoms with Gasteiger partial charge < -0.3 is 10.4 Å². The summed E-state index contributed by atoms with van der Waals surface area (Å²) in [5.41, 5.74) is 0.915. The van der Waals surface area contributed by atoms with E-state index >= 15 is 0 Å². The predicted octanol–water partition coefficient (Wildman–Crippen LogP) is 3.01. The summed E-state index contributed by atoms with van der Waals surface area (Å²) in [6.07, 6.45) is 6.09. The van der Waals surface area contributed by atoms with E-state index in [0.717, 1.165) is 12.0 Å². The van der Waals surface area contributed by atoms with Gasteiger partial charge in [0.25, 0.3) is 0 Å². The van der Waals surface area contributed by atoms with Crippen molar-refractivity contribution in [2.24, 2.45) is 11.8 Å². The highest BCUT2D eigenvalue weighted by molar-refractivity contribution is 5.85. The maximum Gasteiger partial charge on any atom is 0.326 e. The average molecular weight is 303 g/mol. The topological polar surface area (TPSA) is 66.4 Å².